The van der Waals surface area contributed by atoms with E-state index in [9.17, 15) is 14.0 Å². The maximum absolute atomic E-state index is 13.5. The molecule has 2 amide bonds. The van der Waals surface area contributed by atoms with Crippen molar-refractivity contribution in [2.24, 2.45) is 0 Å². The molecule has 0 spiro atoms. The topological polar surface area (TPSA) is 58.6 Å². The van der Waals surface area contributed by atoms with E-state index in [1.54, 1.807) is 36.0 Å². The molecule has 0 bridgehead atoms. The number of nitrogens with one attached hydrogen (secondary N) is 1. The van der Waals surface area contributed by atoms with E-state index in [0.29, 0.717) is 23.9 Å². The Morgan fingerprint density at radius 3 is 2.57 bits per heavy atom. The SMILES string of the molecule is O=C(NCC1CCCO1)c1ccc(/C=C2\SC3CCCCC3N(Cc3ccc(F)cc3)C2=O)cc1. The summed E-state index contributed by atoms with van der Waals surface area (Å²) in [4.78, 5) is 28.7. The molecule has 2 aliphatic heterocycles. The molecular formula is C28H31FN2O3S. The molecule has 184 valence electrons. The Labute approximate surface area is 210 Å². The first-order valence-corrected chi connectivity index (χ1v) is 13.4. The monoisotopic (exact) mass is 494 g/mol. The molecular weight excluding hydrogens is 463 g/mol. The number of rotatable bonds is 6. The zero-order valence-corrected chi connectivity index (χ0v) is 20.6. The first-order chi connectivity index (χ1) is 17.1. The van der Waals surface area contributed by atoms with Gasteiger partial charge in [-0.15, -0.1) is 11.8 Å². The Balaban J connectivity index is 1.29. The van der Waals surface area contributed by atoms with Crippen molar-refractivity contribution in [3.05, 3.63) is 75.9 Å². The largest absolute Gasteiger partial charge is 0.376 e. The fraction of sp³-hybridized carbons (Fsp3) is 0.429. The smallest absolute Gasteiger partial charge is 0.260 e. The lowest BCUT2D eigenvalue weighted by atomic mass is 9.92. The van der Waals surface area contributed by atoms with Gasteiger partial charge < -0.3 is 15.0 Å². The summed E-state index contributed by atoms with van der Waals surface area (Å²) in [6.07, 6.45) is 8.47. The van der Waals surface area contributed by atoms with Crippen LogP contribution in [0, 0.1) is 5.82 Å². The lowest BCUT2D eigenvalue weighted by Crippen LogP contribution is -2.50. The van der Waals surface area contributed by atoms with E-state index >= 15 is 0 Å². The molecule has 5 nitrogen and oxygen atoms in total. The number of hydrogen-bond acceptors (Lipinski definition) is 4. The molecule has 3 atom stereocenters. The summed E-state index contributed by atoms with van der Waals surface area (Å²) in [5, 5.41) is 3.32. The quantitative estimate of drug-likeness (QED) is 0.564. The Hall–Kier alpha value is -2.64. The average molecular weight is 495 g/mol. The average Bonchev–Trinajstić information content (AvgIpc) is 3.40. The van der Waals surface area contributed by atoms with Crippen molar-refractivity contribution < 1.29 is 18.7 Å². The Kier molecular flexibility index (Phi) is 7.54. The lowest BCUT2D eigenvalue weighted by molar-refractivity contribution is -0.130. The van der Waals surface area contributed by atoms with Crippen LogP contribution in [0.15, 0.2) is 53.4 Å². The molecule has 3 fully saturated rings. The van der Waals surface area contributed by atoms with Gasteiger partial charge in [-0.05, 0) is 67.2 Å². The normalized spacial score (nSPS) is 25.5. The Morgan fingerprint density at radius 2 is 1.83 bits per heavy atom. The summed E-state index contributed by atoms with van der Waals surface area (Å²) in [7, 11) is 0. The number of ether oxygens (including phenoxy) is 1. The molecule has 5 rings (SSSR count). The predicted molar refractivity (Wildman–Crippen MR) is 136 cm³/mol. The summed E-state index contributed by atoms with van der Waals surface area (Å²) in [5.41, 5.74) is 2.43. The number of amides is 2. The summed E-state index contributed by atoms with van der Waals surface area (Å²) in [6.45, 7) is 1.79. The number of benzene rings is 2. The van der Waals surface area contributed by atoms with E-state index in [2.05, 4.69) is 5.32 Å². The number of nitrogens with zero attached hydrogens (tertiary/aromatic N) is 1. The third-order valence-corrected chi connectivity index (χ3v) is 8.47. The van der Waals surface area contributed by atoms with Gasteiger partial charge in [-0.1, -0.05) is 37.1 Å². The van der Waals surface area contributed by atoms with Crippen molar-refractivity contribution in [2.45, 2.75) is 62.5 Å². The highest BCUT2D eigenvalue weighted by atomic mass is 32.2. The first kappa shape index (κ1) is 24.1. The van der Waals surface area contributed by atoms with Crippen LogP contribution in [0.5, 0.6) is 0 Å². The molecule has 3 aliphatic rings. The van der Waals surface area contributed by atoms with Crippen LogP contribution >= 0.6 is 11.8 Å². The van der Waals surface area contributed by atoms with Crippen LogP contribution in [0.25, 0.3) is 6.08 Å². The molecule has 1 N–H and O–H groups in total. The maximum Gasteiger partial charge on any atom is 0.260 e. The highest BCUT2D eigenvalue weighted by molar-refractivity contribution is 8.04. The molecule has 0 aromatic heterocycles. The van der Waals surface area contributed by atoms with Crippen LogP contribution in [0.3, 0.4) is 0 Å². The van der Waals surface area contributed by atoms with E-state index in [1.165, 1.54) is 18.6 Å². The zero-order chi connectivity index (χ0) is 24.2. The summed E-state index contributed by atoms with van der Waals surface area (Å²) in [5.74, 6) is -0.353. The summed E-state index contributed by atoms with van der Waals surface area (Å²) in [6, 6.07) is 14.0. The minimum atomic E-state index is -0.269. The van der Waals surface area contributed by atoms with Gasteiger partial charge in [-0.25, -0.2) is 4.39 Å². The molecule has 2 aromatic rings. The van der Waals surface area contributed by atoms with Crippen LogP contribution in [-0.2, 0) is 16.1 Å². The molecule has 7 heteroatoms. The van der Waals surface area contributed by atoms with Crippen LogP contribution in [0.1, 0.15) is 60.0 Å². The molecule has 2 aromatic carbocycles. The van der Waals surface area contributed by atoms with Gasteiger partial charge >= 0.3 is 0 Å². The summed E-state index contributed by atoms with van der Waals surface area (Å²) < 4.78 is 18.9. The van der Waals surface area contributed by atoms with Gasteiger partial charge in [-0.3, -0.25) is 9.59 Å². The van der Waals surface area contributed by atoms with Crippen LogP contribution in [-0.4, -0.2) is 47.3 Å². The van der Waals surface area contributed by atoms with Crippen molar-refractivity contribution >= 4 is 29.7 Å². The number of carbonyl (C=O) groups excluding carboxylic acids is 2. The van der Waals surface area contributed by atoms with Crippen molar-refractivity contribution in [3.63, 3.8) is 0 Å². The van der Waals surface area contributed by atoms with Gasteiger partial charge in [0, 0.05) is 36.6 Å². The molecule has 1 aliphatic carbocycles. The molecule has 0 radical (unpaired) electrons. The standard InChI is InChI=1S/C28H31FN2O3S/c29-22-13-9-20(10-14-22)18-31-24-5-1-2-6-25(24)35-26(28(31)33)16-19-7-11-21(12-8-19)27(32)30-17-23-4-3-15-34-23/h7-14,16,23-25H,1-6,15,17-18H2,(H,30,32)/b26-16-. The molecule has 3 unspecified atom stereocenters. The van der Waals surface area contributed by atoms with E-state index in [1.807, 2.05) is 23.1 Å². The van der Waals surface area contributed by atoms with Gasteiger partial charge in [0.05, 0.1) is 11.0 Å². The molecule has 2 saturated heterocycles. The Morgan fingerprint density at radius 1 is 1.06 bits per heavy atom. The van der Waals surface area contributed by atoms with E-state index < -0.39 is 0 Å². The van der Waals surface area contributed by atoms with Gasteiger partial charge in [0.1, 0.15) is 5.82 Å². The first-order valence-electron chi connectivity index (χ1n) is 12.5. The number of carbonyl (C=O) groups is 2. The number of halogens is 1. The van der Waals surface area contributed by atoms with E-state index in [0.717, 1.165) is 54.7 Å². The van der Waals surface area contributed by atoms with Crippen molar-refractivity contribution in [2.75, 3.05) is 13.2 Å². The minimum absolute atomic E-state index is 0.0286. The van der Waals surface area contributed by atoms with Gasteiger partial charge in [-0.2, -0.15) is 0 Å². The summed E-state index contributed by atoms with van der Waals surface area (Å²) >= 11 is 1.68. The molecule has 35 heavy (non-hydrogen) atoms. The highest BCUT2D eigenvalue weighted by Crippen LogP contribution is 2.42. The fourth-order valence-electron chi connectivity index (χ4n) is 5.14. The fourth-order valence-corrected chi connectivity index (χ4v) is 6.62. The van der Waals surface area contributed by atoms with Gasteiger partial charge in [0.2, 0.25) is 0 Å². The molecule has 1 saturated carbocycles. The lowest BCUT2D eigenvalue weighted by Gasteiger charge is -2.44. The predicted octanol–water partition coefficient (Wildman–Crippen LogP) is 5.16. The van der Waals surface area contributed by atoms with E-state index in [4.69, 9.17) is 4.74 Å². The second-order valence-corrected chi connectivity index (χ2v) is 10.8. The van der Waals surface area contributed by atoms with Gasteiger partial charge in [0.25, 0.3) is 11.8 Å². The second-order valence-electron chi connectivity index (χ2n) is 9.54. The second kappa shape index (κ2) is 11.0. The van der Waals surface area contributed by atoms with E-state index in [-0.39, 0.29) is 29.8 Å². The van der Waals surface area contributed by atoms with Crippen LogP contribution < -0.4 is 5.32 Å². The van der Waals surface area contributed by atoms with Crippen molar-refractivity contribution in [1.29, 1.82) is 0 Å². The molecule has 2 heterocycles. The maximum atomic E-state index is 13.5. The van der Waals surface area contributed by atoms with Crippen LogP contribution in [0.4, 0.5) is 4.39 Å². The zero-order valence-electron chi connectivity index (χ0n) is 19.8. The third kappa shape index (κ3) is 5.78. The van der Waals surface area contributed by atoms with Crippen molar-refractivity contribution in [1.82, 2.24) is 10.2 Å². The van der Waals surface area contributed by atoms with Crippen LogP contribution in [0.2, 0.25) is 0 Å². The Bertz CT molecular complexity index is 1080. The van der Waals surface area contributed by atoms with Gasteiger partial charge in [0.15, 0.2) is 0 Å². The number of thioether (sulfide) groups is 1. The minimum Gasteiger partial charge on any atom is -0.376 e. The third-order valence-electron chi connectivity index (χ3n) is 7.07. The highest BCUT2D eigenvalue weighted by Gasteiger charge is 2.40. The number of hydrogen-bond donors (Lipinski definition) is 1. The van der Waals surface area contributed by atoms with Crippen molar-refractivity contribution in [3.8, 4) is 0 Å². The number of fused-ring (bicyclic) bond motifs is 1.